The summed E-state index contributed by atoms with van der Waals surface area (Å²) in [4.78, 5) is 9.92. The maximum absolute atomic E-state index is 4.85. The highest BCUT2D eigenvalue weighted by Gasteiger charge is 2.20. The van der Waals surface area contributed by atoms with Gasteiger partial charge < -0.3 is 0 Å². The molecule has 0 spiro atoms. The van der Waals surface area contributed by atoms with E-state index < -0.39 is 0 Å². The second kappa shape index (κ2) is 15.2. The topological polar surface area (TPSA) is 12.9 Å². The first-order valence-electron chi connectivity index (χ1n) is 21.0. The molecule has 0 aliphatic carbocycles. The van der Waals surface area contributed by atoms with Crippen LogP contribution in [-0.4, -0.2) is 4.98 Å². The van der Waals surface area contributed by atoms with Gasteiger partial charge in [-0.05, 0) is 143 Å². The van der Waals surface area contributed by atoms with E-state index in [2.05, 4.69) is 212 Å². The third-order valence-electron chi connectivity index (χ3n) is 12.2. The van der Waals surface area contributed by atoms with E-state index in [1.54, 1.807) is 0 Å². The maximum atomic E-state index is 4.85. The predicted octanol–water partition coefficient (Wildman–Crippen LogP) is 17.5. The average Bonchev–Trinajstić information content (AvgIpc) is 4.06. The SMILES string of the molecule is c1ccc(-c2ccc(-c3cccc(-c4c5ccccc5c(-c5cccc(-c6ccc(-c7ccccc7)s6)c5)c5cc(-c6cc7ncccc7c7ccccc67)ccc45)c3)s2)cc1. The molecule has 0 N–H and O–H groups in total. The minimum atomic E-state index is 1.00. The second-order valence-corrected chi connectivity index (χ2v) is 18.0. The van der Waals surface area contributed by atoms with Gasteiger partial charge >= 0.3 is 0 Å². The van der Waals surface area contributed by atoms with Crippen LogP contribution in [0.25, 0.3) is 118 Å². The van der Waals surface area contributed by atoms with Crippen LogP contribution in [0.2, 0.25) is 0 Å². The largest absolute Gasteiger partial charge is 0.256 e. The van der Waals surface area contributed by atoms with Crippen LogP contribution in [0.1, 0.15) is 0 Å². The standard InChI is InChI=1S/C59H37NS2/c1-3-14-38(15-4-1)54-29-31-56(61-54)41-18-11-20-43(34-41)58-48-24-9-10-25-49(48)59(44-21-12-19-42(35-44)57-32-30-55(62-57)39-16-5-2-6-17-39)52-36-40(27-28-50(52)58)51-37-53-47(26-13-33-60-53)45-22-7-8-23-46(45)51/h1-37H. The molecule has 0 aliphatic rings. The maximum Gasteiger partial charge on any atom is 0.0714 e. The highest BCUT2D eigenvalue weighted by atomic mass is 32.1. The summed E-state index contributed by atoms with van der Waals surface area (Å²) in [5, 5.41) is 8.54. The van der Waals surface area contributed by atoms with Gasteiger partial charge in [0.25, 0.3) is 0 Å². The minimum absolute atomic E-state index is 1.00. The van der Waals surface area contributed by atoms with Gasteiger partial charge in [0, 0.05) is 31.1 Å². The smallest absolute Gasteiger partial charge is 0.0714 e. The van der Waals surface area contributed by atoms with Crippen molar-refractivity contribution in [3.05, 3.63) is 225 Å². The van der Waals surface area contributed by atoms with Gasteiger partial charge in [-0.25, -0.2) is 0 Å². The molecule has 0 saturated heterocycles. The molecule has 0 amide bonds. The first-order chi connectivity index (χ1) is 30.7. The Kier molecular flexibility index (Phi) is 8.95. The van der Waals surface area contributed by atoms with Crippen molar-refractivity contribution in [2.75, 3.05) is 0 Å². The zero-order chi connectivity index (χ0) is 41.0. The van der Waals surface area contributed by atoms with Gasteiger partial charge in [0.1, 0.15) is 0 Å². The van der Waals surface area contributed by atoms with Crippen molar-refractivity contribution >= 4 is 65.9 Å². The third kappa shape index (κ3) is 6.33. The van der Waals surface area contributed by atoms with Crippen molar-refractivity contribution in [2.45, 2.75) is 0 Å². The van der Waals surface area contributed by atoms with Gasteiger partial charge in [-0.2, -0.15) is 0 Å². The number of benzene rings is 9. The molecule has 0 bridgehead atoms. The first kappa shape index (κ1) is 36.4. The predicted molar refractivity (Wildman–Crippen MR) is 268 cm³/mol. The molecule has 0 aliphatic heterocycles. The molecule has 1 nitrogen and oxygen atoms in total. The lowest BCUT2D eigenvalue weighted by Crippen LogP contribution is -1.93. The van der Waals surface area contributed by atoms with Crippen molar-refractivity contribution in [1.82, 2.24) is 4.98 Å². The normalized spacial score (nSPS) is 11.5. The Balaban J connectivity index is 1.09. The summed E-state index contributed by atoms with van der Waals surface area (Å²) in [6.45, 7) is 0. The number of hydrogen-bond donors (Lipinski definition) is 0. The Morgan fingerprint density at radius 1 is 0.258 bits per heavy atom. The summed E-state index contributed by atoms with van der Waals surface area (Å²) >= 11 is 3.69. The molecule has 12 rings (SSSR count). The quantitative estimate of drug-likeness (QED) is 0.115. The lowest BCUT2D eigenvalue weighted by atomic mass is 9.84. The number of aromatic nitrogens is 1. The Labute approximate surface area is 368 Å². The van der Waals surface area contributed by atoms with E-state index in [-0.39, 0.29) is 0 Å². The van der Waals surface area contributed by atoms with Crippen LogP contribution < -0.4 is 0 Å². The van der Waals surface area contributed by atoms with Gasteiger partial charge in [0.05, 0.1) is 5.52 Å². The van der Waals surface area contributed by atoms with Crippen LogP contribution in [0.3, 0.4) is 0 Å². The summed E-state index contributed by atoms with van der Waals surface area (Å²) in [6, 6.07) is 80.1. The van der Waals surface area contributed by atoms with Gasteiger partial charge in [-0.15, -0.1) is 22.7 Å². The number of nitrogens with zero attached hydrogens (tertiary/aromatic N) is 1. The Bertz CT molecular complexity index is 3630. The molecule has 0 unspecified atom stereocenters. The number of pyridine rings is 1. The molecular formula is C59H37NS2. The van der Waals surface area contributed by atoms with E-state index in [4.69, 9.17) is 4.98 Å². The molecule has 290 valence electrons. The van der Waals surface area contributed by atoms with Gasteiger partial charge in [0.2, 0.25) is 0 Å². The molecule has 3 aromatic heterocycles. The zero-order valence-corrected chi connectivity index (χ0v) is 35.3. The van der Waals surface area contributed by atoms with E-state index in [1.165, 1.54) is 113 Å². The second-order valence-electron chi connectivity index (χ2n) is 15.8. The first-order valence-corrected chi connectivity index (χ1v) is 22.6. The third-order valence-corrected chi connectivity index (χ3v) is 14.5. The lowest BCUT2D eigenvalue weighted by Gasteiger charge is -2.20. The van der Waals surface area contributed by atoms with E-state index in [0.717, 1.165) is 5.52 Å². The molecule has 12 aromatic rings. The Morgan fingerprint density at radius 2 is 0.710 bits per heavy atom. The van der Waals surface area contributed by atoms with Crippen LogP contribution in [0, 0.1) is 0 Å². The van der Waals surface area contributed by atoms with Crippen LogP contribution in [0.15, 0.2) is 225 Å². The Morgan fingerprint density at radius 3 is 1.31 bits per heavy atom. The van der Waals surface area contributed by atoms with Gasteiger partial charge in [-0.1, -0.05) is 164 Å². The van der Waals surface area contributed by atoms with Crippen molar-refractivity contribution in [1.29, 1.82) is 0 Å². The molecular weight excluding hydrogens is 787 g/mol. The van der Waals surface area contributed by atoms with Crippen LogP contribution >= 0.6 is 22.7 Å². The molecule has 0 saturated carbocycles. The fourth-order valence-corrected chi connectivity index (χ4v) is 11.3. The van der Waals surface area contributed by atoms with Crippen LogP contribution in [0.5, 0.6) is 0 Å². The fraction of sp³-hybridized carbons (Fsp3) is 0. The van der Waals surface area contributed by atoms with Gasteiger partial charge in [0.15, 0.2) is 0 Å². The monoisotopic (exact) mass is 823 g/mol. The number of rotatable bonds is 7. The highest BCUT2D eigenvalue weighted by molar-refractivity contribution is 7.19. The number of fused-ring (bicyclic) bond motifs is 5. The van der Waals surface area contributed by atoms with Gasteiger partial charge in [-0.3, -0.25) is 4.98 Å². The van der Waals surface area contributed by atoms with Crippen molar-refractivity contribution in [2.24, 2.45) is 0 Å². The summed E-state index contributed by atoms with van der Waals surface area (Å²) in [5.74, 6) is 0. The van der Waals surface area contributed by atoms with Crippen molar-refractivity contribution < 1.29 is 0 Å². The summed E-state index contributed by atoms with van der Waals surface area (Å²) < 4.78 is 0. The summed E-state index contributed by atoms with van der Waals surface area (Å²) in [7, 11) is 0. The number of hydrogen-bond acceptors (Lipinski definition) is 3. The fourth-order valence-electron chi connectivity index (χ4n) is 9.29. The van der Waals surface area contributed by atoms with Crippen LogP contribution in [0.4, 0.5) is 0 Å². The lowest BCUT2D eigenvalue weighted by molar-refractivity contribution is 1.42. The van der Waals surface area contributed by atoms with E-state index in [1.807, 2.05) is 34.9 Å². The zero-order valence-electron chi connectivity index (χ0n) is 33.6. The highest BCUT2D eigenvalue weighted by Crippen LogP contribution is 2.47. The average molecular weight is 824 g/mol. The molecule has 0 radical (unpaired) electrons. The number of thiophene rings is 2. The van der Waals surface area contributed by atoms with E-state index in [9.17, 15) is 0 Å². The summed E-state index contributed by atoms with van der Waals surface area (Å²) in [6.07, 6.45) is 1.90. The summed E-state index contributed by atoms with van der Waals surface area (Å²) in [5.41, 5.74) is 13.2. The molecule has 0 fully saturated rings. The van der Waals surface area contributed by atoms with E-state index in [0.29, 0.717) is 0 Å². The van der Waals surface area contributed by atoms with Crippen LogP contribution in [-0.2, 0) is 0 Å². The Hall–Kier alpha value is -7.43. The molecule has 62 heavy (non-hydrogen) atoms. The van der Waals surface area contributed by atoms with Crippen molar-refractivity contribution in [3.63, 3.8) is 0 Å². The molecule has 0 atom stereocenters. The molecule has 3 heterocycles. The molecule has 9 aromatic carbocycles. The molecule has 3 heteroatoms. The minimum Gasteiger partial charge on any atom is -0.256 e. The van der Waals surface area contributed by atoms with E-state index >= 15 is 0 Å². The van der Waals surface area contributed by atoms with Crippen molar-refractivity contribution in [3.8, 4) is 75.1 Å².